The van der Waals surface area contributed by atoms with Crippen molar-refractivity contribution in [2.24, 2.45) is 0 Å². The number of thioether (sulfide) groups is 1. The lowest BCUT2D eigenvalue weighted by Crippen LogP contribution is -2.39. The first-order chi connectivity index (χ1) is 9.72. The first-order valence-electron chi connectivity index (χ1n) is 6.20. The molecular formula is C14H16N2O3S. The molecule has 0 amide bonds. The zero-order valence-corrected chi connectivity index (χ0v) is 11.9. The van der Waals surface area contributed by atoms with Crippen LogP contribution in [0.25, 0.3) is 10.9 Å². The summed E-state index contributed by atoms with van der Waals surface area (Å²) < 4.78 is 0. The standard InChI is InChI=1S/C14H16N2O3S/c1-20-9-7-11(14(17)18)16-19-12-6-2-4-10-5-3-8-15-13(10)12/h2-6,8,11,16H,7,9H2,1H3,(H,17,18)/t11-/m0/s1. The second-order valence-electron chi connectivity index (χ2n) is 4.22. The van der Waals surface area contributed by atoms with Gasteiger partial charge in [0.25, 0.3) is 0 Å². The minimum absolute atomic E-state index is 0.495. The molecule has 20 heavy (non-hydrogen) atoms. The molecule has 0 saturated carbocycles. The Morgan fingerprint density at radius 1 is 1.45 bits per heavy atom. The number of hydrogen-bond acceptors (Lipinski definition) is 5. The highest BCUT2D eigenvalue weighted by Gasteiger charge is 2.17. The number of carboxylic acid groups (broad SMARTS) is 1. The van der Waals surface area contributed by atoms with Gasteiger partial charge in [0, 0.05) is 11.6 Å². The van der Waals surface area contributed by atoms with Gasteiger partial charge in [-0.25, -0.2) is 0 Å². The van der Waals surface area contributed by atoms with Gasteiger partial charge < -0.3 is 9.94 Å². The van der Waals surface area contributed by atoms with Crippen LogP contribution in [-0.2, 0) is 4.79 Å². The van der Waals surface area contributed by atoms with Crippen LogP contribution in [0.1, 0.15) is 6.42 Å². The summed E-state index contributed by atoms with van der Waals surface area (Å²) in [6, 6.07) is 8.57. The number of para-hydroxylation sites is 1. The summed E-state index contributed by atoms with van der Waals surface area (Å²) >= 11 is 1.60. The average Bonchev–Trinajstić information content (AvgIpc) is 2.47. The second kappa shape index (κ2) is 7.12. The Labute approximate surface area is 121 Å². The number of hydroxylamine groups is 1. The SMILES string of the molecule is CSCC[C@H](NOc1cccc2cccnc12)C(=O)O. The van der Waals surface area contributed by atoms with Crippen molar-refractivity contribution in [3.63, 3.8) is 0 Å². The molecular weight excluding hydrogens is 276 g/mol. The molecule has 2 N–H and O–H groups in total. The van der Waals surface area contributed by atoms with Crippen LogP contribution in [-0.4, -0.2) is 34.1 Å². The lowest BCUT2D eigenvalue weighted by atomic mass is 10.2. The number of aliphatic carboxylic acids is 1. The summed E-state index contributed by atoms with van der Waals surface area (Å²) in [5.41, 5.74) is 3.31. The maximum absolute atomic E-state index is 11.1. The Hall–Kier alpha value is -1.79. The predicted octanol–water partition coefficient (Wildman–Crippen LogP) is 2.32. The molecule has 0 bridgehead atoms. The molecule has 0 aliphatic carbocycles. The van der Waals surface area contributed by atoms with Crippen LogP contribution >= 0.6 is 11.8 Å². The third-order valence-corrected chi connectivity index (χ3v) is 3.46. The van der Waals surface area contributed by atoms with Crippen molar-refractivity contribution in [1.82, 2.24) is 10.5 Å². The molecule has 0 fully saturated rings. The number of carbonyl (C=O) groups is 1. The molecule has 1 aromatic heterocycles. The molecule has 5 nitrogen and oxygen atoms in total. The minimum atomic E-state index is -0.924. The smallest absolute Gasteiger partial charge is 0.324 e. The number of nitrogens with zero attached hydrogens (tertiary/aromatic N) is 1. The summed E-state index contributed by atoms with van der Waals surface area (Å²) in [7, 11) is 0. The van der Waals surface area contributed by atoms with Gasteiger partial charge in [0.15, 0.2) is 5.75 Å². The van der Waals surface area contributed by atoms with Gasteiger partial charge >= 0.3 is 5.97 Å². The number of nitrogens with one attached hydrogen (secondary N) is 1. The van der Waals surface area contributed by atoms with E-state index in [1.165, 1.54) is 0 Å². The van der Waals surface area contributed by atoms with Crippen LogP contribution in [0.4, 0.5) is 0 Å². The van der Waals surface area contributed by atoms with E-state index in [0.29, 0.717) is 17.7 Å². The average molecular weight is 292 g/mol. The van der Waals surface area contributed by atoms with Crippen LogP contribution in [0.5, 0.6) is 5.75 Å². The number of benzene rings is 1. The fourth-order valence-corrected chi connectivity index (χ4v) is 2.23. The van der Waals surface area contributed by atoms with Crippen LogP contribution in [0.2, 0.25) is 0 Å². The number of fused-ring (bicyclic) bond motifs is 1. The zero-order valence-electron chi connectivity index (χ0n) is 11.1. The van der Waals surface area contributed by atoms with E-state index in [1.54, 1.807) is 24.0 Å². The fourth-order valence-electron chi connectivity index (χ4n) is 1.76. The Kier molecular flexibility index (Phi) is 5.20. The first-order valence-corrected chi connectivity index (χ1v) is 7.59. The number of pyridine rings is 1. The Morgan fingerprint density at radius 2 is 2.25 bits per heavy atom. The van der Waals surface area contributed by atoms with Gasteiger partial charge in [-0.15, -0.1) is 5.48 Å². The van der Waals surface area contributed by atoms with Gasteiger partial charge in [0.2, 0.25) is 0 Å². The highest BCUT2D eigenvalue weighted by Crippen LogP contribution is 2.22. The third kappa shape index (κ3) is 3.61. The number of carboxylic acids is 1. The fraction of sp³-hybridized carbons (Fsp3) is 0.286. The van der Waals surface area contributed by atoms with Gasteiger partial charge in [-0.1, -0.05) is 18.2 Å². The van der Waals surface area contributed by atoms with Gasteiger partial charge in [0.1, 0.15) is 11.6 Å². The second-order valence-corrected chi connectivity index (χ2v) is 5.21. The van der Waals surface area contributed by atoms with E-state index >= 15 is 0 Å². The molecule has 1 atom stereocenters. The van der Waals surface area contributed by atoms with Crippen LogP contribution in [0.3, 0.4) is 0 Å². The first kappa shape index (κ1) is 14.6. The van der Waals surface area contributed by atoms with Crippen LogP contribution in [0, 0.1) is 0 Å². The van der Waals surface area contributed by atoms with Gasteiger partial charge in [-0.3, -0.25) is 9.78 Å². The molecule has 0 saturated heterocycles. The summed E-state index contributed by atoms with van der Waals surface area (Å²) in [4.78, 5) is 20.8. The topological polar surface area (TPSA) is 71.5 Å². The normalized spacial score (nSPS) is 12.2. The number of aromatic nitrogens is 1. The highest BCUT2D eigenvalue weighted by molar-refractivity contribution is 7.98. The quantitative estimate of drug-likeness (QED) is 0.763. The lowest BCUT2D eigenvalue weighted by Gasteiger charge is -2.15. The molecule has 1 aromatic carbocycles. The molecule has 0 unspecified atom stereocenters. The van der Waals surface area contributed by atoms with Crippen LogP contribution < -0.4 is 10.3 Å². The van der Waals surface area contributed by atoms with Crippen molar-refractivity contribution < 1.29 is 14.7 Å². The van der Waals surface area contributed by atoms with Crippen molar-refractivity contribution in [2.45, 2.75) is 12.5 Å². The molecule has 0 radical (unpaired) electrons. The van der Waals surface area contributed by atoms with E-state index < -0.39 is 12.0 Å². The highest BCUT2D eigenvalue weighted by atomic mass is 32.2. The number of hydrogen-bond donors (Lipinski definition) is 2. The largest absolute Gasteiger partial charge is 0.480 e. The van der Waals surface area contributed by atoms with E-state index in [1.807, 2.05) is 30.5 Å². The number of rotatable bonds is 7. The van der Waals surface area contributed by atoms with Crippen LogP contribution in [0.15, 0.2) is 36.5 Å². The van der Waals surface area contributed by atoms with Gasteiger partial charge in [-0.05, 0) is 30.6 Å². The van der Waals surface area contributed by atoms with E-state index in [0.717, 1.165) is 11.1 Å². The zero-order chi connectivity index (χ0) is 14.4. The van der Waals surface area contributed by atoms with Gasteiger partial charge in [0.05, 0.1) is 0 Å². The van der Waals surface area contributed by atoms with Crippen molar-refractivity contribution >= 4 is 28.6 Å². The molecule has 2 rings (SSSR count). The maximum Gasteiger partial charge on any atom is 0.324 e. The summed E-state index contributed by atoms with van der Waals surface area (Å²) in [6.45, 7) is 0. The molecule has 6 heteroatoms. The van der Waals surface area contributed by atoms with Crippen molar-refractivity contribution in [3.05, 3.63) is 36.5 Å². The minimum Gasteiger partial charge on any atom is -0.480 e. The Morgan fingerprint density at radius 3 is 3.00 bits per heavy atom. The maximum atomic E-state index is 11.1. The third-order valence-electron chi connectivity index (χ3n) is 2.82. The van der Waals surface area contributed by atoms with Gasteiger partial charge in [-0.2, -0.15) is 11.8 Å². The molecule has 0 aliphatic heterocycles. The molecule has 0 aliphatic rings. The predicted molar refractivity (Wildman–Crippen MR) is 79.9 cm³/mol. The van der Waals surface area contributed by atoms with Crippen molar-refractivity contribution in [2.75, 3.05) is 12.0 Å². The van der Waals surface area contributed by atoms with E-state index in [4.69, 9.17) is 9.94 Å². The van der Waals surface area contributed by atoms with E-state index in [-0.39, 0.29) is 0 Å². The molecule has 0 spiro atoms. The van der Waals surface area contributed by atoms with E-state index in [9.17, 15) is 4.79 Å². The monoisotopic (exact) mass is 292 g/mol. The Bertz CT molecular complexity index is 586. The Balaban J connectivity index is 2.09. The van der Waals surface area contributed by atoms with E-state index in [2.05, 4.69) is 10.5 Å². The summed E-state index contributed by atoms with van der Waals surface area (Å²) in [5, 5.41) is 10.1. The lowest BCUT2D eigenvalue weighted by molar-refractivity contribution is -0.141. The molecule has 1 heterocycles. The summed E-state index contributed by atoms with van der Waals surface area (Å²) in [5.74, 6) is 0.354. The van der Waals surface area contributed by atoms with Crippen molar-refractivity contribution in [1.29, 1.82) is 0 Å². The summed E-state index contributed by atoms with van der Waals surface area (Å²) in [6.07, 6.45) is 4.11. The molecule has 2 aromatic rings. The molecule has 106 valence electrons. The van der Waals surface area contributed by atoms with Crippen molar-refractivity contribution in [3.8, 4) is 5.75 Å².